The van der Waals surface area contributed by atoms with Gasteiger partial charge in [0.2, 0.25) is 11.0 Å². The monoisotopic (exact) mass is 254 g/mol. The highest BCUT2D eigenvalue weighted by atomic mass is 32.1. The molecular weight excluding hydrogens is 236 g/mol. The zero-order valence-electron chi connectivity index (χ0n) is 10.2. The third kappa shape index (κ3) is 3.66. The molecule has 0 aliphatic heterocycles. The molecule has 0 aromatic carbocycles. The number of carbonyl (C=O) groups is 1. The molecule has 17 heavy (non-hydrogen) atoms. The predicted molar refractivity (Wildman–Crippen MR) is 68.2 cm³/mol. The van der Waals surface area contributed by atoms with Crippen molar-refractivity contribution in [1.82, 2.24) is 14.7 Å². The maximum absolute atomic E-state index is 11.3. The van der Waals surface area contributed by atoms with Crippen LogP contribution in [0.3, 0.4) is 0 Å². The fourth-order valence-electron chi connectivity index (χ4n) is 1.39. The third-order valence-electron chi connectivity index (χ3n) is 2.61. The van der Waals surface area contributed by atoms with Gasteiger partial charge in [0.1, 0.15) is 5.82 Å². The molecule has 1 heterocycles. The lowest BCUT2D eigenvalue weighted by molar-refractivity contribution is -0.122. The summed E-state index contributed by atoms with van der Waals surface area (Å²) < 4.78 is 4.25. The van der Waals surface area contributed by atoms with Crippen molar-refractivity contribution >= 4 is 22.6 Å². The van der Waals surface area contributed by atoms with E-state index in [1.165, 1.54) is 11.5 Å². The van der Waals surface area contributed by atoms with Crippen molar-refractivity contribution in [2.24, 2.45) is 5.92 Å². The molecule has 2 rings (SSSR count). The molecule has 1 aliphatic rings. The molecule has 5 nitrogen and oxygen atoms in total. The second-order valence-electron chi connectivity index (χ2n) is 4.60. The Morgan fingerprint density at radius 1 is 1.47 bits per heavy atom. The fourth-order valence-corrected chi connectivity index (χ4v) is 2.12. The van der Waals surface area contributed by atoms with Gasteiger partial charge in [-0.25, -0.2) is 4.98 Å². The molecule has 0 bridgehead atoms. The van der Waals surface area contributed by atoms with Gasteiger partial charge in [0.05, 0.1) is 0 Å². The summed E-state index contributed by atoms with van der Waals surface area (Å²) in [5.41, 5.74) is 0. The minimum absolute atomic E-state index is 0.187. The molecule has 1 saturated carbocycles. The van der Waals surface area contributed by atoms with E-state index in [-0.39, 0.29) is 11.8 Å². The molecule has 1 aromatic heterocycles. The molecule has 0 atom stereocenters. The normalized spacial score (nSPS) is 15.0. The first kappa shape index (κ1) is 12.3. The lowest BCUT2D eigenvalue weighted by Gasteiger charge is -2.04. The van der Waals surface area contributed by atoms with Gasteiger partial charge in [-0.15, -0.1) is 0 Å². The zero-order valence-corrected chi connectivity index (χ0v) is 11.0. The molecule has 0 radical (unpaired) electrons. The molecule has 0 spiro atoms. The summed E-state index contributed by atoms with van der Waals surface area (Å²) in [5, 5.41) is 6.89. The van der Waals surface area contributed by atoms with E-state index in [1.807, 2.05) is 0 Å². The first-order valence-electron chi connectivity index (χ1n) is 6.02. The highest BCUT2D eigenvalue weighted by Crippen LogP contribution is 2.28. The van der Waals surface area contributed by atoms with Crippen LogP contribution in [0.25, 0.3) is 0 Å². The third-order valence-corrected chi connectivity index (χ3v) is 3.29. The highest BCUT2D eigenvalue weighted by molar-refractivity contribution is 7.09. The van der Waals surface area contributed by atoms with Gasteiger partial charge in [-0.05, 0) is 12.8 Å². The summed E-state index contributed by atoms with van der Waals surface area (Å²) >= 11 is 1.37. The van der Waals surface area contributed by atoms with E-state index in [0.29, 0.717) is 19.0 Å². The fraction of sp³-hybridized carbons (Fsp3) is 0.727. The predicted octanol–water partition coefficient (Wildman–Crippen LogP) is 1.60. The van der Waals surface area contributed by atoms with Gasteiger partial charge in [0, 0.05) is 36.5 Å². The molecular formula is C11H18N4OS. The largest absolute Gasteiger partial charge is 0.359 e. The van der Waals surface area contributed by atoms with Crippen molar-refractivity contribution in [2.45, 2.75) is 32.6 Å². The summed E-state index contributed by atoms with van der Waals surface area (Å²) in [5.74, 6) is 1.70. The molecule has 1 aromatic rings. The number of amides is 1. The minimum atomic E-state index is 0.187. The van der Waals surface area contributed by atoms with Crippen molar-refractivity contribution < 1.29 is 4.79 Å². The Balaban J connectivity index is 1.65. The average Bonchev–Trinajstić information content (AvgIpc) is 3.03. The summed E-state index contributed by atoms with van der Waals surface area (Å²) in [6.45, 7) is 5.49. The van der Waals surface area contributed by atoms with Gasteiger partial charge in [0.15, 0.2) is 0 Å². The Labute approximate surface area is 105 Å². The summed E-state index contributed by atoms with van der Waals surface area (Å²) in [6, 6.07) is 0. The van der Waals surface area contributed by atoms with E-state index in [2.05, 4.69) is 33.8 Å². The van der Waals surface area contributed by atoms with Crippen LogP contribution >= 0.6 is 11.5 Å². The van der Waals surface area contributed by atoms with Crippen LogP contribution in [-0.2, 0) is 4.79 Å². The van der Waals surface area contributed by atoms with Crippen LogP contribution in [0.4, 0.5) is 5.13 Å². The maximum atomic E-state index is 11.3. The van der Waals surface area contributed by atoms with Crippen LogP contribution < -0.4 is 10.6 Å². The zero-order chi connectivity index (χ0) is 12.3. The summed E-state index contributed by atoms with van der Waals surface area (Å²) in [4.78, 5) is 15.7. The lowest BCUT2D eigenvalue weighted by atomic mass is 10.2. The lowest BCUT2D eigenvalue weighted by Crippen LogP contribution is -2.29. The van der Waals surface area contributed by atoms with Crippen LogP contribution in [0.15, 0.2) is 0 Å². The van der Waals surface area contributed by atoms with Gasteiger partial charge in [0.25, 0.3) is 0 Å². The van der Waals surface area contributed by atoms with Crippen molar-refractivity contribution in [3.05, 3.63) is 5.82 Å². The topological polar surface area (TPSA) is 66.9 Å². The SMILES string of the molecule is CC(C)c1nsc(NCCNC(=O)C2CC2)n1. The number of nitrogens with zero attached hydrogens (tertiary/aromatic N) is 2. The maximum Gasteiger partial charge on any atom is 0.223 e. The number of rotatable bonds is 6. The van der Waals surface area contributed by atoms with E-state index in [4.69, 9.17) is 0 Å². The van der Waals surface area contributed by atoms with Gasteiger partial charge < -0.3 is 10.6 Å². The molecule has 94 valence electrons. The molecule has 1 amide bonds. The number of aromatic nitrogens is 2. The molecule has 2 N–H and O–H groups in total. The first-order valence-corrected chi connectivity index (χ1v) is 6.79. The quantitative estimate of drug-likeness (QED) is 0.757. The van der Waals surface area contributed by atoms with Gasteiger partial charge >= 0.3 is 0 Å². The van der Waals surface area contributed by atoms with E-state index in [0.717, 1.165) is 23.8 Å². The van der Waals surface area contributed by atoms with E-state index >= 15 is 0 Å². The summed E-state index contributed by atoms with van der Waals surface area (Å²) in [6.07, 6.45) is 2.10. The Morgan fingerprint density at radius 2 is 2.24 bits per heavy atom. The van der Waals surface area contributed by atoms with Crippen molar-refractivity contribution in [3.8, 4) is 0 Å². The Hall–Kier alpha value is -1.17. The molecule has 0 unspecified atom stereocenters. The highest BCUT2D eigenvalue weighted by Gasteiger charge is 2.28. The van der Waals surface area contributed by atoms with Crippen LogP contribution in [0.2, 0.25) is 0 Å². The van der Waals surface area contributed by atoms with Crippen molar-refractivity contribution in [2.75, 3.05) is 18.4 Å². The van der Waals surface area contributed by atoms with Crippen molar-refractivity contribution in [3.63, 3.8) is 0 Å². The minimum Gasteiger partial charge on any atom is -0.359 e. The molecule has 1 aliphatic carbocycles. The van der Waals surface area contributed by atoms with Crippen molar-refractivity contribution in [1.29, 1.82) is 0 Å². The van der Waals surface area contributed by atoms with E-state index in [9.17, 15) is 4.79 Å². The number of hydrogen-bond donors (Lipinski definition) is 2. The number of carbonyl (C=O) groups excluding carboxylic acids is 1. The van der Waals surface area contributed by atoms with Crippen LogP contribution in [0.1, 0.15) is 38.4 Å². The van der Waals surface area contributed by atoms with Crippen LogP contribution in [0, 0.1) is 5.92 Å². The second-order valence-corrected chi connectivity index (χ2v) is 5.36. The molecule has 6 heteroatoms. The number of nitrogens with one attached hydrogen (secondary N) is 2. The van der Waals surface area contributed by atoms with Crippen LogP contribution in [-0.4, -0.2) is 28.4 Å². The number of anilines is 1. The standard InChI is InChI=1S/C11H18N4OS/c1-7(2)9-14-11(17-15-9)13-6-5-12-10(16)8-3-4-8/h7-8H,3-6H2,1-2H3,(H,12,16)(H,13,14,15). The summed E-state index contributed by atoms with van der Waals surface area (Å²) in [7, 11) is 0. The van der Waals surface area contributed by atoms with Gasteiger partial charge in [-0.1, -0.05) is 13.8 Å². The first-order chi connectivity index (χ1) is 8.16. The second kappa shape index (κ2) is 5.44. The number of hydrogen-bond acceptors (Lipinski definition) is 5. The Morgan fingerprint density at radius 3 is 2.82 bits per heavy atom. The molecule has 0 saturated heterocycles. The Kier molecular flexibility index (Phi) is 3.93. The van der Waals surface area contributed by atoms with Gasteiger partial charge in [-0.3, -0.25) is 4.79 Å². The molecule has 1 fully saturated rings. The smallest absolute Gasteiger partial charge is 0.223 e. The van der Waals surface area contributed by atoms with Crippen LogP contribution in [0.5, 0.6) is 0 Å². The van der Waals surface area contributed by atoms with Gasteiger partial charge in [-0.2, -0.15) is 4.37 Å². The Bertz CT molecular complexity index is 387. The van der Waals surface area contributed by atoms with E-state index in [1.54, 1.807) is 0 Å². The van der Waals surface area contributed by atoms with E-state index < -0.39 is 0 Å². The average molecular weight is 254 g/mol.